The first-order chi connectivity index (χ1) is 21.1. The van der Waals surface area contributed by atoms with Crippen molar-refractivity contribution in [3.8, 4) is 22.3 Å². The van der Waals surface area contributed by atoms with Crippen molar-refractivity contribution in [1.29, 1.82) is 0 Å². The van der Waals surface area contributed by atoms with Crippen molar-refractivity contribution in [1.82, 2.24) is 29.7 Å². The highest BCUT2D eigenvalue weighted by molar-refractivity contribution is 5.95. The van der Waals surface area contributed by atoms with E-state index in [4.69, 9.17) is 9.97 Å². The average Bonchev–Trinajstić information content (AvgIpc) is 3.86. The van der Waals surface area contributed by atoms with Crippen molar-refractivity contribution in [2.24, 2.45) is 0 Å². The number of H-pyrrole nitrogens is 2. The molecule has 43 heavy (non-hydrogen) atoms. The molecule has 3 aliphatic heterocycles. The molecule has 6 heteroatoms. The second kappa shape index (κ2) is 10.0. The van der Waals surface area contributed by atoms with Crippen LogP contribution in [-0.4, -0.2) is 43.8 Å². The van der Waals surface area contributed by atoms with E-state index in [0.717, 1.165) is 67.1 Å². The SMILES string of the molecule is CN1C=CN(C)C1c1cc2cc3ccc(cc4nc(c(-c5ccccc5)c5nc(c(-c6ccccc6)c1[nH]2)C=C5)C=C4)[nH]3. The zero-order chi connectivity index (χ0) is 28.9. The number of nitrogens with zero attached hydrogens (tertiary/aromatic N) is 4. The van der Waals surface area contributed by atoms with Crippen molar-refractivity contribution in [3.05, 3.63) is 132 Å². The number of fused-ring (bicyclic) bond motifs is 8. The van der Waals surface area contributed by atoms with Crippen LogP contribution in [0.4, 0.5) is 0 Å². The second-order valence-electron chi connectivity index (χ2n) is 11.2. The van der Waals surface area contributed by atoms with Crippen LogP contribution in [0, 0.1) is 0 Å². The Morgan fingerprint density at radius 2 is 1.14 bits per heavy atom. The number of aromatic nitrogens is 4. The molecule has 208 valence electrons. The molecule has 0 unspecified atom stereocenters. The van der Waals surface area contributed by atoms with E-state index in [1.165, 1.54) is 5.56 Å². The third kappa shape index (κ3) is 4.44. The van der Waals surface area contributed by atoms with Crippen LogP contribution in [0.3, 0.4) is 0 Å². The molecule has 0 aliphatic carbocycles. The zero-order valence-electron chi connectivity index (χ0n) is 24.0. The highest BCUT2D eigenvalue weighted by atomic mass is 15.4. The van der Waals surface area contributed by atoms with Gasteiger partial charge in [-0.2, -0.15) is 0 Å². The van der Waals surface area contributed by atoms with Crippen LogP contribution in [0.15, 0.2) is 103 Å². The maximum absolute atomic E-state index is 5.34. The van der Waals surface area contributed by atoms with Gasteiger partial charge in [-0.1, -0.05) is 60.7 Å². The summed E-state index contributed by atoms with van der Waals surface area (Å²) in [5, 5.41) is 0. The minimum atomic E-state index is 0.0363. The molecule has 8 rings (SSSR count). The molecule has 0 radical (unpaired) electrons. The first-order valence-electron chi connectivity index (χ1n) is 14.5. The van der Waals surface area contributed by atoms with Gasteiger partial charge in [0.1, 0.15) is 6.17 Å². The van der Waals surface area contributed by atoms with Gasteiger partial charge < -0.3 is 19.8 Å². The van der Waals surface area contributed by atoms with E-state index in [-0.39, 0.29) is 6.17 Å². The number of nitrogens with one attached hydrogen (secondary N) is 2. The maximum Gasteiger partial charge on any atom is 0.129 e. The number of hydrogen-bond donors (Lipinski definition) is 2. The van der Waals surface area contributed by atoms with Crippen molar-refractivity contribution >= 4 is 46.4 Å². The number of benzene rings is 2. The monoisotopic (exact) mass is 558 g/mol. The first-order valence-corrected chi connectivity index (χ1v) is 14.5. The fourth-order valence-electron chi connectivity index (χ4n) is 6.30. The van der Waals surface area contributed by atoms with Gasteiger partial charge in [-0.15, -0.1) is 0 Å². The zero-order valence-corrected chi connectivity index (χ0v) is 24.0. The van der Waals surface area contributed by atoms with E-state index in [1.54, 1.807) is 0 Å². The molecule has 8 bridgehead atoms. The van der Waals surface area contributed by atoms with Crippen LogP contribution in [0.5, 0.6) is 0 Å². The summed E-state index contributed by atoms with van der Waals surface area (Å²) in [5.74, 6) is 0. The van der Waals surface area contributed by atoms with E-state index in [0.29, 0.717) is 0 Å². The molecule has 6 nitrogen and oxygen atoms in total. The van der Waals surface area contributed by atoms with E-state index >= 15 is 0 Å². The standard InChI is InChI=1S/C37H30N6/c1-42-19-20-43(2)37(42)30-23-29-22-27-14-13-26(38-27)21-28-15-16-31(39-28)34(24-9-5-3-6-10-24)32-17-18-33(41-32)35(36(30)40-29)25-11-7-4-8-12-25/h3-23,37-38,40H,1-2H3. The molecule has 0 atom stereocenters. The third-order valence-electron chi connectivity index (χ3n) is 8.25. The molecule has 3 aromatic heterocycles. The van der Waals surface area contributed by atoms with Crippen LogP contribution >= 0.6 is 0 Å². The van der Waals surface area contributed by atoms with Crippen LogP contribution in [0.25, 0.3) is 68.6 Å². The van der Waals surface area contributed by atoms with Gasteiger partial charge in [-0.05, 0) is 65.8 Å². The van der Waals surface area contributed by atoms with Crippen molar-refractivity contribution in [2.75, 3.05) is 14.1 Å². The minimum absolute atomic E-state index is 0.0363. The normalized spacial score (nSPS) is 14.3. The molecular formula is C37H30N6. The number of hydrogen-bond acceptors (Lipinski definition) is 4. The van der Waals surface area contributed by atoms with Gasteiger partial charge in [0.25, 0.3) is 0 Å². The van der Waals surface area contributed by atoms with Gasteiger partial charge in [-0.3, -0.25) is 0 Å². The molecule has 5 aromatic rings. The molecule has 0 saturated heterocycles. The predicted octanol–water partition coefficient (Wildman–Crippen LogP) is 8.34. The fourth-order valence-corrected chi connectivity index (χ4v) is 6.30. The third-order valence-corrected chi connectivity index (χ3v) is 8.25. The predicted molar refractivity (Wildman–Crippen MR) is 177 cm³/mol. The summed E-state index contributed by atoms with van der Waals surface area (Å²) in [6.07, 6.45) is 12.7. The lowest BCUT2D eigenvalue weighted by molar-refractivity contribution is 0.211. The second-order valence-corrected chi connectivity index (χ2v) is 11.2. The summed E-state index contributed by atoms with van der Waals surface area (Å²) in [6, 6.07) is 31.7. The molecule has 2 N–H and O–H groups in total. The fraction of sp³-hybridized carbons (Fsp3) is 0.0811. The summed E-state index contributed by atoms with van der Waals surface area (Å²) in [6.45, 7) is 0. The Hall–Kier alpha value is -5.62. The Labute approximate surface area is 250 Å². The lowest BCUT2D eigenvalue weighted by atomic mass is 10.0. The molecule has 6 heterocycles. The molecule has 0 amide bonds. The maximum atomic E-state index is 5.34. The van der Waals surface area contributed by atoms with Crippen molar-refractivity contribution < 1.29 is 0 Å². The molecule has 3 aliphatic rings. The lowest BCUT2D eigenvalue weighted by Gasteiger charge is -2.27. The van der Waals surface area contributed by atoms with Gasteiger partial charge in [0.2, 0.25) is 0 Å². The summed E-state index contributed by atoms with van der Waals surface area (Å²) in [4.78, 5) is 22.2. The highest BCUT2D eigenvalue weighted by Gasteiger charge is 2.27. The van der Waals surface area contributed by atoms with Crippen LogP contribution in [-0.2, 0) is 0 Å². The smallest absolute Gasteiger partial charge is 0.129 e. The van der Waals surface area contributed by atoms with Crippen LogP contribution in [0.2, 0.25) is 0 Å². The summed E-state index contributed by atoms with van der Waals surface area (Å²) in [5.41, 5.74) is 13.1. The average molecular weight is 559 g/mol. The van der Waals surface area contributed by atoms with Gasteiger partial charge in [-0.25, -0.2) is 9.97 Å². The lowest BCUT2D eigenvalue weighted by Crippen LogP contribution is -2.25. The Balaban J connectivity index is 1.55. The van der Waals surface area contributed by atoms with E-state index in [2.05, 4.69) is 155 Å². The molecule has 2 aromatic carbocycles. The van der Waals surface area contributed by atoms with Crippen molar-refractivity contribution in [2.45, 2.75) is 6.17 Å². The van der Waals surface area contributed by atoms with Gasteiger partial charge in [0.15, 0.2) is 0 Å². The Morgan fingerprint density at radius 1 is 0.558 bits per heavy atom. The molecule has 0 saturated carbocycles. The molecular weight excluding hydrogens is 528 g/mol. The van der Waals surface area contributed by atoms with Gasteiger partial charge in [0.05, 0.1) is 28.3 Å². The topological polar surface area (TPSA) is 63.8 Å². The highest BCUT2D eigenvalue weighted by Crippen LogP contribution is 2.39. The Morgan fingerprint density at radius 3 is 1.84 bits per heavy atom. The number of rotatable bonds is 3. The quantitative estimate of drug-likeness (QED) is 0.229. The molecule has 0 fully saturated rings. The summed E-state index contributed by atoms with van der Waals surface area (Å²) in [7, 11) is 4.24. The first kappa shape index (κ1) is 25.1. The largest absolute Gasteiger partial charge is 0.355 e. The Bertz CT molecular complexity index is 2100. The van der Waals surface area contributed by atoms with Gasteiger partial charge in [0, 0.05) is 59.7 Å². The Kier molecular flexibility index (Phi) is 5.86. The molecule has 0 spiro atoms. The van der Waals surface area contributed by atoms with E-state index < -0.39 is 0 Å². The minimum Gasteiger partial charge on any atom is -0.355 e. The number of aromatic amines is 2. The van der Waals surface area contributed by atoms with Gasteiger partial charge >= 0.3 is 0 Å². The van der Waals surface area contributed by atoms with E-state index in [9.17, 15) is 0 Å². The van der Waals surface area contributed by atoms with E-state index in [1.807, 2.05) is 6.07 Å². The van der Waals surface area contributed by atoms with Crippen molar-refractivity contribution in [3.63, 3.8) is 0 Å². The van der Waals surface area contributed by atoms with Crippen LogP contribution < -0.4 is 0 Å². The summed E-state index contributed by atoms with van der Waals surface area (Å²) < 4.78 is 0. The summed E-state index contributed by atoms with van der Waals surface area (Å²) >= 11 is 0. The van der Waals surface area contributed by atoms with Crippen LogP contribution in [0.1, 0.15) is 34.5 Å².